The van der Waals surface area contributed by atoms with Gasteiger partial charge in [-0.3, -0.25) is 0 Å². The molecule has 0 amide bonds. The molecule has 2 aromatic rings. The second-order valence-corrected chi connectivity index (χ2v) is 5.54. The minimum absolute atomic E-state index is 0.0784. The largest absolute Gasteiger partial charge is 0.496 e. The van der Waals surface area contributed by atoms with Gasteiger partial charge >= 0.3 is 5.97 Å². The molecule has 3 rings (SSSR count). The van der Waals surface area contributed by atoms with Gasteiger partial charge < -0.3 is 19.1 Å². The van der Waals surface area contributed by atoms with Crippen molar-refractivity contribution in [3.05, 3.63) is 53.5 Å². The van der Waals surface area contributed by atoms with E-state index in [0.717, 1.165) is 18.9 Å². The minimum Gasteiger partial charge on any atom is -0.496 e. The van der Waals surface area contributed by atoms with Gasteiger partial charge in [-0.05, 0) is 30.3 Å². The molecule has 6 nitrogen and oxygen atoms in total. The van der Waals surface area contributed by atoms with Crippen LogP contribution < -0.4 is 9.64 Å². The number of methoxy groups -OCH3 is 1. The third kappa shape index (κ3) is 4.24. The van der Waals surface area contributed by atoms with E-state index < -0.39 is 11.8 Å². The fraction of sp³-hybridized carbons (Fsp3) is 0.333. The Balaban J connectivity index is 1.62. The summed E-state index contributed by atoms with van der Waals surface area (Å²) in [6.07, 6.45) is 1.48. The van der Waals surface area contributed by atoms with Crippen molar-refractivity contribution in [1.82, 2.24) is 4.98 Å². The number of benzene rings is 1. The Morgan fingerprint density at radius 2 is 2.08 bits per heavy atom. The van der Waals surface area contributed by atoms with E-state index in [1.165, 1.54) is 31.5 Å². The van der Waals surface area contributed by atoms with Gasteiger partial charge in [-0.25, -0.2) is 14.2 Å². The molecule has 0 N–H and O–H groups in total. The molecule has 1 aromatic heterocycles. The van der Waals surface area contributed by atoms with Crippen molar-refractivity contribution in [3.63, 3.8) is 0 Å². The molecule has 0 saturated carbocycles. The second kappa shape index (κ2) is 7.94. The molecule has 1 fully saturated rings. The number of esters is 1. The predicted molar refractivity (Wildman–Crippen MR) is 89.3 cm³/mol. The van der Waals surface area contributed by atoms with Gasteiger partial charge in [0.2, 0.25) is 0 Å². The molecule has 132 valence electrons. The molecule has 1 aliphatic rings. The first kappa shape index (κ1) is 17.2. The van der Waals surface area contributed by atoms with E-state index in [1.807, 2.05) is 0 Å². The zero-order valence-electron chi connectivity index (χ0n) is 13.9. The monoisotopic (exact) mass is 346 g/mol. The normalized spacial score (nSPS) is 14.2. The smallest absolute Gasteiger partial charge is 0.340 e. The molecule has 1 aliphatic heterocycles. The van der Waals surface area contributed by atoms with Crippen LogP contribution in [0.25, 0.3) is 0 Å². The van der Waals surface area contributed by atoms with Gasteiger partial charge in [-0.15, -0.1) is 0 Å². The number of pyridine rings is 1. The van der Waals surface area contributed by atoms with Crippen molar-refractivity contribution in [2.75, 3.05) is 38.3 Å². The first-order chi connectivity index (χ1) is 12.2. The molecule has 0 bridgehead atoms. The van der Waals surface area contributed by atoms with Gasteiger partial charge in [0, 0.05) is 24.8 Å². The van der Waals surface area contributed by atoms with Crippen LogP contribution in [-0.2, 0) is 16.1 Å². The van der Waals surface area contributed by atoms with Gasteiger partial charge in [0.25, 0.3) is 0 Å². The van der Waals surface area contributed by atoms with E-state index >= 15 is 0 Å². The highest BCUT2D eigenvalue weighted by molar-refractivity contribution is 5.89. The molecule has 7 heteroatoms. The van der Waals surface area contributed by atoms with E-state index in [9.17, 15) is 9.18 Å². The number of carbonyl (C=O) groups excluding carboxylic acids is 1. The first-order valence-corrected chi connectivity index (χ1v) is 7.95. The molecule has 25 heavy (non-hydrogen) atoms. The molecule has 1 saturated heterocycles. The van der Waals surface area contributed by atoms with Crippen LogP contribution in [0, 0.1) is 5.82 Å². The Kier molecular flexibility index (Phi) is 5.45. The number of nitrogens with zero attached hydrogens (tertiary/aromatic N) is 2. The quantitative estimate of drug-likeness (QED) is 0.775. The van der Waals surface area contributed by atoms with Crippen LogP contribution in [0.15, 0.2) is 36.5 Å². The second-order valence-electron chi connectivity index (χ2n) is 5.54. The maximum atomic E-state index is 13.3. The molecule has 0 aliphatic carbocycles. The van der Waals surface area contributed by atoms with Crippen molar-refractivity contribution in [1.29, 1.82) is 0 Å². The number of ether oxygens (including phenoxy) is 3. The van der Waals surface area contributed by atoms with E-state index in [0.29, 0.717) is 30.1 Å². The number of hydrogen-bond donors (Lipinski definition) is 0. The molecule has 0 atom stereocenters. The van der Waals surface area contributed by atoms with Crippen LogP contribution in [-0.4, -0.2) is 44.4 Å². The molecule has 0 unspecified atom stereocenters. The maximum Gasteiger partial charge on any atom is 0.340 e. The van der Waals surface area contributed by atoms with Crippen LogP contribution in [0.2, 0.25) is 0 Å². The van der Waals surface area contributed by atoms with Gasteiger partial charge in [-0.1, -0.05) is 0 Å². The molecule has 0 radical (unpaired) electrons. The Morgan fingerprint density at radius 3 is 2.76 bits per heavy atom. The lowest BCUT2D eigenvalue weighted by Gasteiger charge is -2.27. The average Bonchev–Trinajstić information content (AvgIpc) is 2.67. The van der Waals surface area contributed by atoms with E-state index in [-0.39, 0.29) is 6.61 Å². The third-order valence-electron chi connectivity index (χ3n) is 3.92. The fourth-order valence-corrected chi connectivity index (χ4v) is 2.57. The Labute approximate surface area is 145 Å². The summed E-state index contributed by atoms with van der Waals surface area (Å²) < 4.78 is 29.0. The fourth-order valence-electron chi connectivity index (χ4n) is 2.57. The summed E-state index contributed by atoms with van der Waals surface area (Å²) in [4.78, 5) is 18.6. The third-order valence-corrected chi connectivity index (χ3v) is 3.92. The summed E-state index contributed by atoms with van der Waals surface area (Å²) in [6.45, 7) is 2.80. The van der Waals surface area contributed by atoms with Gasteiger partial charge in [-0.2, -0.15) is 0 Å². The van der Waals surface area contributed by atoms with Crippen molar-refractivity contribution in [2.24, 2.45) is 0 Å². The van der Waals surface area contributed by atoms with Crippen LogP contribution in [0.3, 0.4) is 0 Å². The summed E-state index contributed by atoms with van der Waals surface area (Å²) in [5.74, 6) is 0.331. The predicted octanol–water partition coefficient (Wildman–Crippen LogP) is 2.42. The molecular formula is C18H19FN2O4. The molecular weight excluding hydrogens is 327 g/mol. The summed E-state index contributed by atoms with van der Waals surface area (Å²) >= 11 is 0. The summed E-state index contributed by atoms with van der Waals surface area (Å²) in [6, 6.07) is 7.52. The highest BCUT2D eigenvalue weighted by Gasteiger charge is 2.15. The minimum atomic E-state index is -0.521. The van der Waals surface area contributed by atoms with Crippen molar-refractivity contribution in [2.45, 2.75) is 6.61 Å². The topological polar surface area (TPSA) is 60.9 Å². The number of rotatable bonds is 5. The Hall–Kier alpha value is -2.67. The number of hydrogen-bond acceptors (Lipinski definition) is 6. The Morgan fingerprint density at radius 1 is 1.28 bits per heavy atom. The van der Waals surface area contributed by atoms with E-state index in [1.54, 1.807) is 12.1 Å². The van der Waals surface area contributed by atoms with E-state index in [4.69, 9.17) is 14.2 Å². The Bertz CT molecular complexity index is 730. The number of aromatic nitrogens is 1. The maximum absolute atomic E-state index is 13.3. The van der Waals surface area contributed by atoms with Gasteiger partial charge in [0.05, 0.1) is 25.9 Å². The number of carbonyl (C=O) groups is 1. The zero-order chi connectivity index (χ0) is 17.6. The van der Waals surface area contributed by atoms with Crippen LogP contribution in [0.1, 0.15) is 15.9 Å². The van der Waals surface area contributed by atoms with Gasteiger partial charge in [0.1, 0.15) is 24.0 Å². The average molecular weight is 346 g/mol. The van der Waals surface area contributed by atoms with E-state index in [2.05, 4.69) is 9.88 Å². The van der Waals surface area contributed by atoms with Crippen LogP contribution >= 0.6 is 0 Å². The lowest BCUT2D eigenvalue weighted by Crippen LogP contribution is -2.36. The highest BCUT2D eigenvalue weighted by Crippen LogP contribution is 2.21. The zero-order valence-corrected chi connectivity index (χ0v) is 13.9. The number of anilines is 1. The molecule has 1 aromatic carbocycles. The lowest BCUT2D eigenvalue weighted by atomic mass is 10.2. The highest BCUT2D eigenvalue weighted by atomic mass is 19.1. The summed E-state index contributed by atoms with van der Waals surface area (Å²) in [5, 5.41) is 0. The first-order valence-electron chi connectivity index (χ1n) is 7.95. The molecule has 0 spiro atoms. The number of halogens is 1. The SMILES string of the molecule is COc1ccc(F)cc1COC(=O)c1ccc(N2CCOCC2)nc1. The van der Waals surface area contributed by atoms with Gasteiger partial charge in [0.15, 0.2) is 0 Å². The molecule has 2 heterocycles. The lowest BCUT2D eigenvalue weighted by molar-refractivity contribution is 0.0469. The van der Waals surface area contributed by atoms with Crippen molar-refractivity contribution in [3.8, 4) is 5.75 Å². The van der Waals surface area contributed by atoms with Crippen LogP contribution in [0.5, 0.6) is 5.75 Å². The number of morpholine rings is 1. The standard InChI is InChI=1S/C18H19FN2O4/c1-23-16-4-3-15(19)10-14(16)12-25-18(22)13-2-5-17(20-11-13)21-6-8-24-9-7-21/h2-5,10-11H,6-9,12H2,1H3. The van der Waals surface area contributed by atoms with Crippen LogP contribution in [0.4, 0.5) is 10.2 Å². The van der Waals surface area contributed by atoms with Crippen molar-refractivity contribution < 1.29 is 23.4 Å². The van der Waals surface area contributed by atoms with Crippen molar-refractivity contribution >= 4 is 11.8 Å². The summed E-state index contributed by atoms with van der Waals surface area (Å²) in [5.41, 5.74) is 0.807. The summed E-state index contributed by atoms with van der Waals surface area (Å²) in [7, 11) is 1.48.